The first kappa shape index (κ1) is 82.2. The van der Waals surface area contributed by atoms with Crippen LogP contribution in [0.25, 0.3) is 50.2 Å². The highest BCUT2D eigenvalue weighted by molar-refractivity contribution is 5.98. The maximum atomic E-state index is 13.2. The number of hydrogen-bond donors (Lipinski definition) is 6. The van der Waals surface area contributed by atoms with Gasteiger partial charge in [-0.15, -0.1) is 0 Å². The number of anilines is 6. The lowest BCUT2D eigenvalue weighted by molar-refractivity contribution is -0.127. The lowest BCUT2D eigenvalue weighted by Crippen LogP contribution is -2.45. The standard InChI is InChI=1S/C30H35N7O3.C29H30N6O4.C29H32N6O3/c1-4-21-7-11-24(12-8-21)37-20-26(29(39)34-40-3)27(38)25-19-31-30(33-28(25)37)32-23-9-5-22(6-10-23)13-14-36-17-15-35(2)16-18-36;1-3-19-8-12-22(13-9-19)35-18-24(28(38)33-39-2)26(37)23-17-30-29(32-27(23)35)31-21-10-6-20(7-11-21)14-16-34-15-4-5-25(34)36;1-3-20-8-12-23(13-9-20)35-19-25(28(37)33-38-2)26(36)24-18-30-29(32-27(24)35)31-22-10-6-21(7-11-22)14-17-34-15-4-5-16-34/h5-12,19-20H,4,13-18H2,1-3H3,(H,34,39)(H,31,32,33);6-13,17-18H,3-5,14-16H2,1-2H3,(H,33,38)(H,30,31,32);6-13,18-19H,3-5,14-17H2,1-2H3,(H,33,37)(H,30,31,32). The Kier molecular flexibility index (Phi) is 27.4. The summed E-state index contributed by atoms with van der Waals surface area (Å²) in [6.07, 6.45) is 18.5. The largest absolute Gasteiger partial charge is 0.342 e. The fourth-order valence-electron chi connectivity index (χ4n) is 14.2. The van der Waals surface area contributed by atoms with E-state index in [1.54, 1.807) is 13.7 Å². The molecule has 0 atom stereocenters. The summed E-state index contributed by atoms with van der Waals surface area (Å²) in [4.78, 5) is 140. The van der Waals surface area contributed by atoms with Crippen LogP contribution < -0.4 is 48.7 Å². The van der Waals surface area contributed by atoms with Crippen LogP contribution in [-0.2, 0) is 57.8 Å². The number of amides is 4. The molecule has 3 aliphatic rings. The summed E-state index contributed by atoms with van der Waals surface area (Å²) in [6.45, 7) is 16.8. The zero-order valence-corrected chi connectivity index (χ0v) is 66.9. The topological polar surface area (TPSA) is 324 Å². The number of carbonyl (C=O) groups excluding carboxylic acids is 4. The Labute approximate surface area is 677 Å². The molecule has 3 fully saturated rings. The first-order valence-corrected chi connectivity index (χ1v) is 39.5. The molecule has 9 heterocycles. The molecule has 0 unspecified atom stereocenters. The Hall–Kier alpha value is -12.8. The molecule has 0 saturated carbocycles. The van der Waals surface area contributed by atoms with E-state index in [-0.39, 0.29) is 38.8 Å². The third-order valence-electron chi connectivity index (χ3n) is 21.1. The third-order valence-corrected chi connectivity index (χ3v) is 21.1. The van der Waals surface area contributed by atoms with Crippen molar-refractivity contribution in [2.45, 2.75) is 85.0 Å². The molecule has 0 spiro atoms. The van der Waals surface area contributed by atoms with Crippen LogP contribution in [0, 0.1) is 0 Å². The molecule has 3 aliphatic heterocycles. The summed E-state index contributed by atoms with van der Waals surface area (Å²) < 4.78 is 5.17. The minimum absolute atomic E-state index is 0.0623. The molecule has 604 valence electrons. The van der Waals surface area contributed by atoms with Gasteiger partial charge >= 0.3 is 0 Å². The van der Waals surface area contributed by atoms with Crippen molar-refractivity contribution in [2.75, 3.05) is 110 Å². The summed E-state index contributed by atoms with van der Waals surface area (Å²) in [5, 5.41) is 10.4. The maximum absolute atomic E-state index is 13.2. The molecule has 15 rings (SSSR count). The van der Waals surface area contributed by atoms with Crippen molar-refractivity contribution in [3.63, 3.8) is 0 Å². The first-order chi connectivity index (χ1) is 57.0. The van der Waals surface area contributed by atoms with Crippen molar-refractivity contribution in [2.24, 2.45) is 0 Å². The Morgan fingerprint density at radius 2 is 0.684 bits per heavy atom. The highest BCUT2D eigenvalue weighted by atomic mass is 16.6. The van der Waals surface area contributed by atoms with Gasteiger partial charge in [-0.3, -0.25) is 48.1 Å². The molecule has 6 N–H and O–H groups in total. The Morgan fingerprint density at radius 3 is 0.983 bits per heavy atom. The second kappa shape index (κ2) is 39.0. The van der Waals surface area contributed by atoms with Gasteiger partial charge in [0.05, 0.1) is 37.5 Å². The number of aromatic nitrogens is 9. The van der Waals surface area contributed by atoms with Crippen LogP contribution in [0.4, 0.5) is 34.9 Å². The molecule has 12 aromatic rings. The maximum Gasteiger partial charge on any atom is 0.280 e. The fraction of sp³-hybridized carbons (Fsp3) is 0.307. The number of fused-ring (bicyclic) bond motifs is 3. The number of aryl methyl sites for hydroxylation is 3. The number of likely N-dealkylation sites (N-methyl/N-ethyl adjacent to an activating group) is 1. The van der Waals surface area contributed by atoms with Gasteiger partial charge in [0.15, 0.2) is 16.9 Å². The van der Waals surface area contributed by atoms with E-state index in [0.29, 0.717) is 41.2 Å². The van der Waals surface area contributed by atoms with Crippen molar-refractivity contribution < 1.29 is 33.7 Å². The molecule has 0 radical (unpaired) electrons. The predicted octanol–water partition coefficient (Wildman–Crippen LogP) is 10.7. The van der Waals surface area contributed by atoms with Crippen LogP contribution in [0.1, 0.15) is 111 Å². The molecule has 117 heavy (non-hydrogen) atoms. The van der Waals surface area contributed by atoms with Gasteiger partial charge in [0.25, 0.3) is 17.7 Å². The van der Waals surface area contributed by atoms with Crippen LogP contribution in [0.3, 0.4) is 0 Å². The van der Waals surface area contributed by atoms with Gasteiger partial charge in [0.1, 0.15) is 16.7 Å². The van der Waals surface area contributed by atoms with E-state index in [2.05, 4.69) is 129 Å². The molecule has 6 aromatic carbocycles. The van der Waals surface area contributed by atoms with Gasteiger partial charge in [-0.25, -0.2) is 31.4 Å². The highest BCUT2D eigenvalue weighted by Crippen LogP contribution is 2.27. The lowest BCUT2D eigenvalue weighted by atomic mass is 10.1. The first-order valence-electron chi connectivity index (χ1n) is 39.5. The summed E-state index contributed by atoms with van der Waals surface area (Å²) in [7, 11) is 6.12. The smallest absolute Gasteiger partial charge is 0.280 e. The molecule has 4 amide bonds. The molecule has 3 saturated heterocycles. The zero-order chi connectivity index (χ0) is 81.9. The van der Waals surface area contributed by atoms with Gasteiger partial charge in [-0.1, -0.05) is 93.6 Å². The molecule has 6 aromatic heterocycles. The molecule has 29 nitrogen and oxygen atoms in total. The van der Waals surface area contributed by atoms with Gasteiger partial charge in [-0.05, 0) is 184 Å². The third kappa shape index (κ3) is 20.5. The summed E-state index contributed by atoms with van der Waals surface area (Å²) in [6, 6.07) is 48.1. The van der Waals surface area contributed by atoms with Crippen LogP contribution >= 0.6 is 0 Å². The normalized spacial score (nSPS) is 13.7. The number of carbonyl (C=O) groups is 4. The molecule has 0 bridgehead atoms. The summed E-state index contributed by atoms with van der Waals surface area (Å²) in [5.41, 5.74) is 18.2. The SMILES string of the molecule is CCc1ccc(-n2cc(C(=O)NOC)c(=O)c3cnc(Nc4ccc(CCN5CCCC5)cc4)nc32)cc1.CCc1ccc(-n2cc(C(=O)NOC)c(=O)c3cnc(Nc4ccc(CCN5CCCC5=O)cc4)nc32)cc1.CCc1ccc(-n2cc(C(=O)NOC)c(=O)c3cnc(Nc4ccc(CCN5CCN(C)CC5)cc4)nc32)cc1. The summed E-state index contributed by atoms with van der Waals surface area (Å²) >= 11 is 0. The molecular weight excluding hydrogens is 1480 g/mol. The van der Waals surface area contributed by atoms with Gasteiger partial charge in [-0.2, -0.15) is 15.0 Å². The van der Waals surface area contributed by atoms with Crippen LogP contribution in [0.15, 0.2) is 197 Å². The summed E-state index contributed by atoms with van der Waals surface area (Å²) in [5.74, 6) is -0.675. The Balaban J connectivity index is 0.000000152. The average Bonchev–Trinajstić information content (AvgIpc) is 1.62. The van der Waals surface area contributed by atoms with Gasteiger partial charge in [0, 0.05) is 130 Å². The van der Waals surface area contributed by atoms with Crippen molar-refractivity contribution in [1.82, 2.24) is 79.6 Å². The number of piperazine rings is 1. The zero-order valence-electron chi connectivity index (χ0n) is 66.9. The van der Waals surface area contributed by atoms with E-state index >= 15 is 0 Å². The quantitative estimate of drug-likeness (QED) is 0.0261. The van der Waals surface area contributed by atoms with E-state index in [1.807, 2.05) is 126 Å². The molecule has 0 aliphatic carbocycles. The Bertz CT molecular complexity index is 5680. The van der Waals surface area contributed by atoms with Crippen molar-refractivity contribution in [3.8, 4) is 17.1 Å². The van der Waals surface area contributed by atoms with Crippen molar-refractivity contribution in [3.05, 3.63) is 264 Å². The lowest BCUT2D eigenvalue weighted by Gasteiger charge is -2.32. The number of nitrogens with one attached hydrogen (secondary N) is 6. The number of nitrogens with zero attached hydrogens (tertiary/aromatic N) is 13. The van der Waals surface area contributed by atoms with Crippen LogP contribution in [0.5, 0.6) is 0 Å². The van der Waals surface area contributed by atoms with E-state index in [1.165, 1.54) is 107 Å². The van der Waals surface area contributed by atoms with E-state index in [9.17, 15) is 33.6 Å². The van der Waals surface area contributed by atoms with Crippen molar-refractivity contribution >= 4 is 91.6 Å². The van der Waals surface area contributed by atoms with Crippen LogP contribution in [0.2, 0.25) is 0 Å². The van der Waals surface area contributed by atoms with Gasteiger partial charge < -0.3 is 49.3 Å². The minimum atomic E-state index is -0.653. The monoisotopic (exact) mass is 1580 g/mol. The highest BCUT2D eigenvalue weighted by Gasteiger charge is 2.25. The predicted molar refractivity (Wildman–Crippen MR) is 453 cm³/mol. The van der Waals surface area contributed by atoms with E-state index in [4.69, 9.17) is 14.5 Å². The van der Waals surface area contributed by atoms with Crippen LogP contribution in [-0.4, -0.2) is 181 Å². The number of hydrogen-bond acceptors (Lipinski definition) is 22. The number of hydroxylamine groups is 3. The number of rotatable bonds is 27. The van der Waals surface area contributed by atoms with Crippen molar-refractivity contribution in [1.29, 1.82) is 0 Å². The number of likely N-dealkylation sites (tertiary alicyclic amines) is 2. The minimum Gasteiger partial charge on any atom is -0.342 e. The van der Waals surface area contributed by atoms with Gasteiger partial charge in [0.2, 0.25) is 40.0 Å². The number of benzene rings is 6. The second-order valence-corrected chi connectivity index (χ2v) is 28.9. The molecule has 29 heteroatoms. The Morgan fingerprint density at radius 1 is 0.376 bits per heavy atom. The van der Waals surface area contributed by atoms with E-state index < -0.39 is 34.0 Å². The number of pyridine rings is 3. The average molecular weight is 1580 g/mol. The fourth-order valence-corrected chi connectivity index (χ4v) is 14.2. The molecular formula is C88H97N19O10. The van der Waals surface area contributed by atoms with E-state index in [0.717, 1.165) is 143 Å². The second-order valence-electron chi connectivity index (χ2n) is 28.9.